The molecule has 0 radical (unpaired) electrons. The Balaban J connectivity index is 2.23. The largest absolute Gasteiger partial charge is 0.479 e. The van der Waals surface area contributed by atoms with E-state index in [1.54, 1.807) is 12.1 Å². The van der Waals surface area contributed by atoms with E-state index in [4.69, 9.17) is 0 Å². The molecule has 1 aromatic rings. The molecule has 16 heavy (non-hydrogen) atoms. The molecule has 0 unspecified atom stereocenters. The Labute approximate surface area is 93.7 Å². The lowest BCUT2D eigenvalue weighted by Crippen LogP contribution is -2.39. The lowest BCUT2D eigenvalue weighted by atomic mass is 9.85. The van der Waals surface area contributed by atoms with Crippen LogP contribution in [0.15, 0.2) is 24.3 Å². The van der Waals surface area contributed by atoms with Crippen LogP contribution in [0.3, 0.4) is 0 Å². The van der Waals surface area contributed by atoms with Crippen molar-refractivity contribution in [2.75, 3.05) is 0 Å². The fourth-order valence-corrected chi connectivity index (χ4v) is 3.47. The standard InChI is InChI=1S/C13H14O3/c14-12(15)13(16)10-6-2-1-4-8(10)9-5-3-7-11(9)13/h1-2,4,6,9,11,16H,3,5,7H2,(H,14,15)/t9-,11-,13-/m0/s1. The molecular weight excluding hydrogens is 204 g/mol. The van der Waals surface area contributed by atoms with Gasteiger partial charge in [-0.25, -0.2) is 4.79 Å². The molecule has 2 aliphatic carbocycles. The number of hydrogen-bond donors (Lipinski definition) is 2. The predicted molar refractivity (Wildman–Crippen MR) is 58.1 cm³/mol. The first-order valence-electron chi connectivity index (χ1n) is 5.71. The van der Waals surface area contributed by atoms with E-state index >= 15 is 0 Å². The number of aliphatic hydroxyl groups is 1. The third kappa shape index (κ3) is 0.990. The molecule has 3 heteroatoms. The van der Waals surface area contributed by atoms with Crippen molar-refractivity contribution in [1.29, 1.82) is 0 Å². The number of carboxylic acid groups (broad SMARTS) is 1. The maximum absolute atomic E-state index is 11.4. The molecule has 0 saturated heterocycles. The minimum atomic E-state index is -1.65. The van der Waals surface area contributed by atoms with Crippen molar-refractivity contribution < 1.29 is 15.0 Å². The normalized spacial score (nSPS) is 35.8. The van der Waals surface area contributed by atoms with Gasteiger partial charge in [-0.1, -0.05) is 30.7 Å². The number of carbonyl (C=O) groups is 1. The first kappa shape index (κ1) is 9.85. The molecule has 2 aliphatic rings. The van der Waals surface area contributed by atoms with Crippen molar-refractivity contribution in [2.45, 2.75) is 30.8 Å². The molecule has 3 rings (SSSR count). The molecule has 3 atom stereocenters. The molecule has 0 amide bonds. The van der Waals surface area contributed by atoms with Crippen LogP contribution >= 0.6 is 0 Å². The first-order valence-corrected chi connectivity index (χ1v) is 5.71. The molecule has 0 aliphatic heterocycles. The minimum Gasteiger partial charge on any atom is -0.479 e. The number of carboxylic acids is 1. The summed E-state index contributed by atoms with van der Waals surface area (Å²) in [6, 6.07) is 7.43. The fourth-order valence-electron chi connectivity index (χ4n) is 3.47. The lowest BCUT2D eigenvalue weighted by molar-refractivity contribution is -0.165. The van der Waals surface area contributed by atoms with Crippen molar-refractivity contribution in [3.05, 3.63) is 35.4 Å². The summed E-state index contributed by atoms with van der Waals surface area (Å²) in [6.45, 7) is 0. The maximum atomic E-state index is 11.4. The summed E-state index contributed by atoms with van der Waals surface area (Å²) in [6.07, 6.45) is 2.82. The Bertz CT molecular complexity index is 454. The van der Waals surface area contributed by atoms with Gasteiger partial charge >= 0.3 is 5.97 Å². The number of benzene rings is 1. The summed E-state index contributed by atoms with van der Waals surface area (Å²) in [5.41, 5.74) is -0.00954. The van der Waals surface area contributed by atoms with Gasteiger partial charge in [0.2, 0.25) is 0 Å². The van der Waals surface area contributed by atoms with Crippen molar-refractivity contribution >= 4 is 5.97 Å². The van der Waals surface area contributed by atoms with Gasteiger partial charge in [-0.2, -0.15) is 0 Å². The molecule has 84 valence electrons. The summed E-state index contributed by atoms with van der Waals surface area (Å²) >= 11 is 0. The van der Waals surface area contributed by atoms with Crippen LogP contribution < -0.4 is 0 Å². The zero-order valence-corrected chi connectivity index (χ0v) is 8.89. The molecule has 0 spiro atoms. The van der Waals surface area contributed by atoms with Crippen LogP contribution in [0.4, 0.5) is 0 Å². The molecular formula is C13H14O3. The van der Waals surface area contributed by atoms with Gasteiger partial charge in [-0.15, -0.1) is 0 Å². The second kappa shape index (κ2) is 3.08. The summed E-state index contributed by atoms with van der Waals surface area (Å²) in [5.74, 6) is -1.01. The Morgan fingerprint density at radius 1 is 1.31 bits per heavy atom. The van der Waals surface area contributed by atoms with E-state index in [9.17, 15) is 15.0 Å². The van der Waals surface area contributed by atoms with Crippen LogP contribution in [0, 0.1) is 5.92 Å². The highest BCUT2D eigenvalue weighted by Crippen LogP contribution is 2.56. The summed E-state index contributed by atoms with van der Waals surface area (Å²) in [4.78, 5) is 11.4. The molecule has 0 bridgehead atoms. The van der Waals surface area contributed by atoms with Gasteiger partial charge in [0.15, 0.2) is 5.60 Å². The van der Waals surface area contributed by atoms with Crippen molar-refractivity contribution in [3.8, 4) is 0 Å². The van der Waals surface area contributed by atoms with Crippen LogP contribution in [0.5, 0.6) is 0 Å². The average molecular weight is 218 g/mol. The fraction of sp³-hybridized carbons (Fsp3) is 0.462. The summed E-state index contributed by atoms with van der Waals surface area (Å²) in [7, 11) is 0. The quantitative estimate of drug-likeness (QED) is 0.756. The van der Waals surface area contributed by atoms with Gasteiger partial charge in [-0.3, -0.25) is 0 Å². The van der Waals surface area contributed by atoms with Crippen molar-refractivity contribution in [2.24, 2.45) is 5.92 Å². The number of hydrogen-bond acceptors (Lipinski definition) is 2. The summed E-state index contributed by atoms with van der Waals surface area (Å²) in [5, 5.41) is 19.8. The SMILES string of the molecule is O=C(O)[C@]1(O)c2ccccc2[C@@H]2CCC[C@@H]21. The van der Waals surface area contributed by atoms with Gasteiger partial charge in [0.1, 0.15) is 0 Å². The van der Waals surface area contributed by atoms with E-state index in [1.165, 1.54) is 0 Å². The monoisotopic (exact) mass is 218 g/mol. The summed E-state index contributed by atoms with van der Waals surface area (Å²) < 4.78 is 0. The minimum absolute atomic E-state index is 0.137. The van der Waals surface area contributed by atoms with Crippen LogP contribution in [-0.2, 0) is 10.4 Å². The second-order valence-corrected chi connectivity index (χ2v) is 4.80. The van der Waals surface area contributed by atoms with Crippen LogP contribution in [0.1, 0.15) is 36.3 Å². The zero-order valence-electron chi connectivity index (χ0n) is 8.89. The van der Waals surface area contributed by atoms with Gasteiger partial charge < -0.3 is 10.2 Å². The highest BCUT2D eigenvalue weighted by molar-refractivity contribution is 5.82. The topological polar surface area (TPSA) is 57.5 Å². The van der Waals surface area contributed by atoms with Gasteiger partial charge in [0, 0.05) is 5.92 Å². The molecule has 1 aromatic carbocycles. The Morgan fingerprint density at radius 3 is 2.81 bits per heavy atom. The Hall–Kier alpha value is -1.35. The molecule has 0 heterocycles. The van der Waals surface area contributed by atoms with E-state index < -0.39 is 11.6 Å². The van der Waals surface area contributed by atoms with E-state index in [0.717, 1.165) is 24.8 Å². The number of rotatable bonds is 1. The van der Waals surface area contributed by atoms with E-state index in [-0.39, 0.29) is 11.8 Å². The average Bonchev–Trinajstić information content (AvgIpc) is 2.83. The highest BCUT2D eigenvalue weighted by Gasteiger charge is 2.57. The zero-order chi connectivity index (χ0) is 11.3. The maximum Gasteiger partial charge on any atom is 0.340 e. The van der Waals surface area contributed by atoms with E-state index in [1.807, 2.05) is 12.1 Å². The molecule has 1 fully saturated rings. The van der Waals surface area contributed by atoms with Gasteiger partial charge in [0.05, 0.1) is 0 Å². The molecule has 0 aromatic heterocycles. The first-order chi connectivity index (χ1) is 7.65. The van der Waals surface area contributed by atoms with Gasteiger partial charge in [0.25, 0.3) is 0 Å². The lowest BCUT2D eigenvalue weighted by Gasteiger charge is -2.25. The molecule has 1 saturated carbocycles. The van der Waals surface area contributed by atoms with Crippen LogP contribution in [0.2, 0.25) is 0 Å². The number of fused-ring (bicyclic) bond motifs is 3. The smallest absolute Gasteiger partial charge is 0.340 e. The third-order valence-electron chi connectivity index (χ3n) is 4.15. The molecule has 2 N–H and O–H groups in total. The Morgan fingerprint density at radius 2 is 2.06 bits per heavy atom. The van der Waals surface area contributed by atoms with Crippen LogP contribution in [-0.4, -0.2) is 16.2 Å². The predicted octanol–water partition coefficient (Wildman–Crippen LogP) is 1.86. The van der Waals surface area contributed by atoms with E-state index in [2.05, 4.69) is 0 Å². The molecule has 3 nitrogen and oxygen atoms in total. The number of aliphatic carboxylic acids is 1. The van der Waals surface area contributed by atoms with Crippen LogP contribution in [0.25, 0.3) is 0 Å². The third-order valence-corrected chi connectivity index (χ3v) is 4.15. The van der Waals surface area contributed by atoms with Crippen molar-refractivity contribution in [1.82, 2.24) is 0 Å². The second-order valence-electron chi connectivity index (χ2n) is 4.80. The van der Waals surface area contributed by atoms with Crippen molar-refractivity contribution in [3.63, 3.8) is 0 Å². The highest BCUT2D eigenvalue weighted by atomic mass is 16.4. The van der Waals surface area contributed by atoms with E-state index in [0.29, 0.717) is 5.56 Å². The Kier molecular flexibility index (Phi) is 1.89. The van der Waals surface area contributed by atoms with Gasteiger partial charge in [-0.05, 0) is 29.9 Å².